The molecule has 0 aromatic heterocycles. The zero-order chi connectivity index (χ0) is 27.8. The fourth-order valence-corrected chi connectivity index (χ4v) is 3.91. The summed E-state index contributed by atoms with van der Waals surface area (Å²) >= 11 is 6.20. The van der Waals surface area contributed by atoms with Gasteiger partial charge in [0.2, 0.25) is 0 Å². The van der Waals surface area contributed by atoms with Crippen LogP contribution in [0.2, 0.25) is 0 Å². The Hall–Kier alpha value is -4.04. The van der Waals surface area contributed by atoms with Crippen LogP contribution in [-0.4, -0.2) is 43.3 Å². The molecule has 8 nitrogen and oxygen atoms in total. The second-order valence-corrected chi connectivity index (χ2v) is 9.07. The van der Waals surface area contributed by atoms with E-state index in [2.05, 4.69) is 10.6 Å². The van der Waals surface area contributed by atoms with Crippen LogP contribution in [0.15, 0.2) is 60.7 Å². The fourth-order valence-electron chi connectivity index (χ4n) is 3.73. The van der Waals surface area contributed by atoms with Crippen molar-refractivity contribution in [2.24, 2.45) is 0 Å². The largest absolute Gasteiger partial charge is 0.497 e. The van der Waals surface area contributed by atoms with Crippen LogP contribution in [0.25, 0.3) is 0 Å². The van der Waals surface area contributed by atoms with E-state index in [4.69, 9.17) is 25.8 Å². The van der Waals surface area contributed by atoms with Crippen LogP contribution in [0.1, 0.15) is 34.8 Å². The third-order valence-corrected chi connectivity index (χ3v) is 6.22. The molecule has 0 spiro atoms. The number of hydrogen-bond acceptors (Lipinski definition) is 6. The van der Waals surface area contributed by atoms with E-state index in [1.54, 1.807) is 24.3 Å². The summed E-state index contributed by atoms with van der Waals surface area (Å²) in [7, 11) is 2.95. The summed E-state index contributed by atoms with van der Waals surface area (Å²) < 4.78 is 16.4. The molecule has 0 radical (unpaired) electrons. The minimum Gasteiger partial charge on any atom is -0.497 e. The zero-order valence-electron chi connectivity index (χ0n) is 22.0. The molecule has 2 amide bonds. The number of anilines is 2. The SMILES string of the molecule is CCC(Oc1ccc(C)cc1C)C(=O)Nc1ccc(OC)c(NC(=O)C(Cl)C(=O)c2ccc(OC)cc2)c1. The van der Waals surface area contributed by atoms with Crippen molar-refractivity contribution < 1.29 is 28.6 Å². The van der Waals surface area contributed by atoms with Crippen LogP contribution >= 0.6 is 11.6 Å². The van der Waals surface area contributed by atoms with Gasteiger partial charge in [-0.05, 0) is 74.4 Å². The number of ether oxygens (including phenoxy) is 3. The molecule has 0 bridgehead atoms. The number of methoxy groups -OCH3 is 2. The monoisotopic (exact) mass is 538 g/mol. The lowest BCUT2D eigenvalue weighted by molar-refractivity contribution is -0.122. The number of benzene rings is 3. The molecule has 0 aliphatic rings. The molecule has 3 rings (SSSR count). The van der Waals surface area contributed by atoms with Crippen molar-refractivity contribution >= 4 is 40.6 Å². The number of nitrogens with one attached hydrogen (secondary N) is 2. The van der Waals surface area contributed by atoms with Gasteiger partial charge in [-0.2, -0.15) is 0 Å². The molecule has 0 saturated carbocycles. The maximum atomic E-state index is 13.0. The standard InChI is InChI=1S/C29H31ClN2O6/c1-6-23(38-24-13-7-17(2)15-18(24)3)28(34)31-20-10-14-25(37-5)22(16-20)32-29(35)26(30)27(33)19-8-11-21(36-4)12-9-19/h7-16,23,26H,6H2,1-5H3,(H,31,34)(H,32,35). The first kappa shape index (κ1) is 28.5. The number of carbonyl (C=O) groups is 3. The van der Waals surface area contributed by atoms with Gasteiger partial charge >= 0.3 is 0 Å². The number of rotatable bonds is 11. The van der Waals surface area contributed by atoms with Gasteiger partial charge in [0.1, 0.15) is 17.2 Å². The highest BCUT2D eigenvalue weighted by molar-refractivity contribution is 6.45. The Bertz CT molecular complexity index is 1310. The van der Waals surface area contributed by atoms with Crippen molar-refractivity contribution in [1.29, 1.82) is 0 Å². The maximum absolute atomic E-state index is 13.0. The predicted octanol–water partition coefficient (Wildman–Crippen LogP) is 5.55. The highest BCUT2D eigenvalue weighted by atomic mass is 35.5. The molecule has 2 atom stereocenters. The Morgan fingerprint density at radius 2 is 1.53 bits per heavy atom. The third kappa shape index (κ3) is 7.04. The quantitative estimate of drug-likeness (QED) is 0.189. The number of ketones is 1. The van der Waals surface area contributed by atoms with Crippen molar-refractivity contribution in [2.45, 2.75) is 38.7 Å². The van der Waals surface area contributed by atoms with Gasteiger partial charge in [0.15, 0.2) is 17.3 Å². The second kappa shape index (κ2) is 13.0. The first-order chi connectivity index (χ1) is 18.2. The number of halogens is 1. The summed E-state index contributed by atoms with van der Waals surface area (Å²) in [6, 6.07) is 16.8. The van der Waals surface area contributed by atoms with Gasteiger partial charge < -0.3 is 24.8 Å². The van der Waals surface area contributed by atoms with E-state index >= 15 is 0 Å². The normalized spacial score (nSPS) is 12.2. The number of amides is 2. The molecule has 38 heavy (non-hydrogen) atoms. The Kier molecular flexibility index (Phi) is 9.73. The van der Waals surface area contributed by atoms with Gasteiger partial charge in [0.25, 0.3) is 11.8 Å². The molecular formula is C29H31ClN2O6. The average Bonchev–Trinajstić information content (AvgIpc) is 2.92. The van der Waals surface area contributed by atoms with Gasteiger partial charge in [-0.15, -0.1) is 11.6 Å². The molecule has 3 aromatic carbocycles. The summed E-state index contributed by atoms with van der Waals surface area (Å²) in [6.45, 7) is 5.77. The number of carbonyl (C=O) groups excluding carboxylic acids is 3. The minimum absolute atomic E-state index is 0.242. The summed E-state index contributed by atoms with van der Waals surface area (Å²) in [6.07, 6.45) is -0.286. The number of alkyl halides is 1. The lowest BCUT2D eigenvalue weighted by Crippen LogP contribution is -2.33. The maximum Gasteiger partial charge on any atom is 0.265 e. The van der Waals surface area contributed by atoms with Crippen LogP contribution in [0.5, 0.6) is 17.2 Å². The molecule has 0 saturated heterocycles. The van der Waals surface area contributed by atoms with Gasteiger partial charge in [-0.3, -0.25) is 14.4 Å². The fraction of sp³-hybridized carbons (Fsp3) is 0.276. The molecule has 0 fully saturated rings. The van der Waals surface area contributed by atoms with Crippen LogP contribution < -0.4 is 24.8 Å². The third-order valence-electron chi connectivity index (χ3n) is 5.82. The van der Waals surface area contributed by atoms with Gasteiger partial charge in [0.05, 0.1) is 19.9 Å². The molecule has 9 heteroatoms. The molecular weight excluding hydrogens is 508 g/mol. The number of aryl methyl sites for hydroxylation is 2. The molecule has 200 valence electrons. The van der Waals surface area contributed by atoms with Crippen LogP contribution in [0.4, 0.5) is 11.4 Å². The van der Waals surface area contributed by atoms with Crippen molar-refractivity contribution in [1.82, 2.24) is 0 Å². The van der Waals surface area contributed by atoms with E-state index in [1.807, 2.05) is 39.0 Å². The van der Waals surface area contributed by atoms with E-state index < -0.39 is 23.2 Å². The molecule has 2 unspecified atom stereocenters. The van der Waals surface area contributed by atoms with Crippen LogP contribution in [0.3, 0.4) is 0 Å². The highest BCUT2D eigenvalue weighted by Crippen LogP contribution is 2.29. The predicted molar refractivity (Wildman–Crippen MR) is 148 cm³/mol. The van der Waals surface area contributed by atoms with E-state index in [0.717, 1.165) is 11.1 Å². The van der Waals surface area contributed by atoms with E-state index in [-0.39, 0.29) is 17.2 Å². The molecule has 2 N–H and O–H groups in total. The second-order valence-electron chi connectivity index (χ2n) is 8.63. The number of hydrogen-bond donors (Lipinski definition) is 2. The average molecular weight is 539 g/mol. The molecule has 0 aliphatic carbocycles. The molecule has 0 heterocycles. The lowest BCUT2D eigenvalue weighted by Gasteiger charge is -2.19. The van der Waals surface area contributed by atoms with Crippen molar-refractivity contribution in [3.63, 3.8) is 0 Å². The first-order valence-electron chi connectivity index (χ1n) is 12.0. The van der Waals surface area contributed by atoms with Crippen molar-refractivity contribution in [3.8, 4) is 17.2 Å². The van der Waals surface area contributed by atoms with Gasteiger partial charge in [0, 0.05) is 11.3 Å². The topological polar surface area (TPSA) is 103 Å². The minimum atomic E-state index is -1.48. The van der Waals surface area contributed by atoms with Crippen molar-refractivity contribution in [3.05, 3.63) is 77.4 Å². The summed E-state index contributed by atoms with van der Waals surface area (Å²) in [4.78, 5) is 38.5. The summed E-state index contributed by atoms with van der Waals surface area (Å²) in [5.74, 6) is -0.112. The highest BCUT2D eigenvalue weighted by Gasteiger charge is 2.26. The number of Topliss-reactive ketones (excluding diaryl/α,β-unsaturated/α-hetero) is 1. The van der Waals surface area contributed by atoms with Crippen molar-refractivity contribution in [2.75, 3.05) is 24.9 Å². The van der Waals surface area contributed by atoms with E-state index in [9.17, 15) is 14.4 Å². The first-order valence-corrected chi connectivity index (χ1v) is 12.5. The van der Waals surface area contributed by atoms with Gasteiger partial charge in [-0.1, -0.05) is 24.6 Å². The van der Waals surface area contributed by atoms with E-state index in [1.165, 1.54) is 32.4 Å². The Labute approximate surface area is 227 Å². The Morgan fingerprint density at radius 1 is 0.842 bits per heavy atom. The summed E-state index contributed by atoms with van der Waals surface area (Å²) in [5, 5.41) is 3.95. The Balaban J connectivity index is 1.72. The zero-order valence-corrected chi connectivity index (χ0v) is 22.7. The molecule has 3 aromatic rings. The molecule has 0 aliphatic heterocycles. The van der Waals surface area contributed by atoms with Gasteiger partial charge in [-0.25, -0.2) is 0 Å². The Morgan fingerprint density at radius 3 is 2.13 bits per heavy atom. The lowest BCUT2D eigenvalue weighted by atomic mass is 10.1. The summed E-state index contributed by atoms with van der Waals surface area (Å²) in [5.41, 5.74) is 2.95. The smallest absolute Gasteiger partial charge is 0.265 e. The van der Waals surface area contributed by atoms with Crippen LogP contribution in [0, 0.1) is 13.8 Å². The van der Waals surface area contributed by atoms with E-state index in [0.29, 0.717) is 29.4 Å². The van der Waals surface area contributed by atoms with Crippen LogP contribution in [-0.2, 0) is 9.59 Å².